The predicted octanol–water partition coefficient (Wildman–Crippen LogP) is 6.10. The summed E-state index contributed by atoms with van der Waals surface area (Å²) in [4.78, 5) is 12.2. The van der Waals surface area contributed by atoms with Crippen molar-refractivity contribution in [3.63, 3.8) is 0 Å². The van der Waals surface area contributed by atoms with Gasteiger partial charge in [0.25, 0.3) is 5.91 Å². The number of hydrogen-bond acceptors (Lipinski definition) is 4. The van der Waals surface area contributed by atoms with Gasteiger partial charge in [-0.3, -0.25) is 4.79 Å². The normalized spacial score (nSPS) is 10.9. The number of carbonyl (C=O) groups excluding carboxylic acids is 1. The van der Waals surface area contributed by atoms with Gasteiger partial charge in [-0.2, -0.15) is 5.26 Å². The highest BCUT2D eigenvalue weighted by molar-refractivity contribution is 6.32. The van der Waals surface area contributed by atoms with Crippen molar-refractivity contribution in [3.05, 3.63) is 88.4 Å². The Labute approximate surface area is 194 Å². The van der Waals surface area contributed by atoms with Crippen molar-refractivity contribution in [1.29, 1.82) is 5.26 Å². The van der Waals surface area contributed by atoms with E-state index in [-0.39, 0.29) is 34.3 Å². The fourth-order valence-corrected chi connectivity index (χ4v) is 3.23. The number of carbonyl (C=O) groups is 1. The van der Waals surface area contributed by atoms with E-state index in [1.165, 1.54) is 54.6 Å². The molecule has 0 spiro atoms. The summed E-state index contributed by atoms with van der Waals surface area (Å²) in [7, 11) is 0. The molecule has 168 valence electrons. The molecule has 0 aliphatic heterocycles. The third kappa shape index (κ3) is 6.31. The molecular formula is C25H19ClF2N2O3. The quantitative estimate of drug-likeness (QED) is 0.320. The zero-order chi connectivity index (χ0) is 23.8. The average molecular weight is 469 g/mol. The highest BCUT2D eigenvalue weighted by Crippen LogP contribution is 2.38. The van der Waals surface area contributed by atoms with Gasteiger partial charge >= 0.3 is 0 Å². The summed E-state index contributed by atoms with van der Waals surface area (Å²) >= 11 is 6.37. The van der Waals surface area contributed by atoms with Crippen molar-refractivity contribution in [3.8, 4) is 17.6 Å². The Hall–Kier alpha value is -3.89. The van der Waals surface area contributed by atoms with E-state index in [2.05, 4.69) is 5.32 Å². The third-order valence-electron chi connectivity index (χ3n) is 4.40. The number of allylic oxidation sites excluding steroid dienone is 1. The van der Waals surface area contributed by atoms with Crippen LogP contribution in [-0.4, -0.2) is 19.1 Å². The number of nitrogens with zero attached hydrogens (tertiary/aromatic N) is 1. The molecule has 5 nitrogen and oxygen atoms in total. The lowest BCUT2D eigenvalue weighted by Gasteiger charge is -2.15. The van der Waals surface area contributed by atoms with Gasteiger partial charge < -0.3 is 14.8 Å². The van der Waals surface area contributed by atoms with E-state index < -0.39 is 17.5 Å². The van der Waals surface area contributed by atoms with Crippen LogP contribution in [-0.2, 0) is 4.79 Å². The van der Waals surface area contributed by atoms with Crippen molar-refractivity contribution in [1.82, 2.24) is 0 Å². The molecule has 3 aromatic carbocycles. The van der Waals surface area contributed by atoms with Crippen molar-refractivity contribution in [2.75, 3.05) is 18.5 Å². The first kappa shape index (κ1) is 23.8. The number of halogens is 3. The second kappa shape index (κ2) is 11.1. The Morgan fingerprint density at radius 2 is 1.85 bits per heavy atom. The summed E-state index contributed by atoms with van der Waals surface area (Å²) in [6, 6.07) is 16.4. The van der Waals surface area contributed by atoms with E-state index in [4.69, 9.17) is 21.1 Å². The third-order valence-corrected chi connectivity index (χ3v) is 4.68. The van der Waals surface area contributed by atoms with Crippen molar-refractivity contribution in [2.45, 2.75) is 6.92 Å². The number of nitriles is 1. The Bertz CT molecular complexity index is 1220. The summed E-state index contributed by atoms with van der Waals surface area (Å²) in [5.41, 5.74) is 1.18. The summed E-state index contributed by atoms with van der Waals surface area (Å²) in [5, 5.41) is 12.2. The van der Waals surface area contributed by atoms with Crippen LogP contribution in [0, 0.1) is 23.0 Å². The van der Waals surface area contributed by atoms with Crippen LogP contribution in [0.25, 0.3) is 11.6 Å². The van der Waals surface area contributed by atoms with Crippen molar-refractivity contribution in [2.24, 2.45) is 0 Å². The highest BCUT2D eigenvalue weighted by Gasteiger charge is 2.15. The molecule has 1 amide bonds. The SMILES string of the molecule is CCOc1cc(/C=C(/C#N)c2ccccc2F)cc(Cl)c1OCC(=O)Nc1ccc(F)cc1. The molecule has 8 heteroatoms. The van der Waals surface area contributed by atoms with E-state index >= 15 is 0 Å². The maximum atomic E-state index is 14.1. The molecule has 0 unspecified atom stereocenters. The molecule has 3 aromatic rings. The van der Waals surface area contributed by atoms with Crippen molar-refractivity contribution >= 4 is 34.8 Å². The molecule has 0 saturated carbocycles. The number of benzene rings is 3. The minimum absolute atomic E-state index is 0.110. The molecular weight excluding hydrogens is 450 g/mol. The maximum absolute atomic E-state index is 14.1. The Morgan fingerprint density at radius 1 is 1.12 bits per heavy atom. The largest absolute Gasteiger partial charge is 0.490 e. The number of nitrogens with one attached hydrogen (secondary N) is 1. The molecule has 3 rings (SSSR count). The molecule has 0 aliphatic carbocycles. The standard InChI is InChI=1S/C25H19ClF2N2O3/c1-2-32-23-13-16(11-17(14-29)20-5-3-4-6-22(20)28)12-21(26)25(23)33-15-24(31)30-19-9-7-18(27)8-10-19/h3-13H,2,15H2,1H3,(H,30,31)/b17-11-. The van der Waals surface area contributed by atoms with Gasteiger partial charge in [-0.25, -0.2) is 8.78 Å². The van der Waals surface area contributed by atoms with E-state index in [0.29, 0.717) is 17.9 Å². The molecule has 1 N–H and O–H groups in total. The predicted molar refractivity (Wildman–Crippen MR) is 123 cm³/mol. The van der Waals surface area contributed by atoms with E-state index in [1.54, 1.807) is 19.1 Å². The van der Waals surface area contributed by atoms with Gasteiger partial charge in [-0.15, -0.1) is 0 Å². The zero-order valence-corrected chi connectivity index (χ0v) is 18.3. The molecule has 0 aromatic heterocycles. The van der Waals surface area contributed by atoms with Crippen LogP contribution in [0.3, 0.4) is 0 Å². The number of anilines is 1. The zero-order valence-electron chi connectivity index (χ0n) is 17.6. The van der Waals surface area contributed by atoms with Crippen LogP contribution >= 0.6 is 11.6 Å². The summed E-state index contributed by atoms with van der Waals surface area (Å²) in [5.74, 6) is -1.00. The van der Waals surface area contributed by atoms with Crippen LogP contribution in [0.4, 0.5) is 14.5 Å². The van der Waals surface area contributed by atoms with Crippen LogP contribution in [0.2, 0.25) is 5.02 Å². The molecule has 0 fully saturated rings. The fraction of sp³-hybridized carbons (Fsp3) is 0.120. The first-order chi connectivity index (χ1) is 15.9. The fourth-order valence-electron chi connectivity index (χ4n) is 2.96. The van der Waals surface area contributed by atoms with Gasteiger partial charge in [0.2, 0.25) is 0 Å². The Morgan fingerprint density at radius 3 is 2.52 bits per heavy atom. The first-order valence-corrected chi connectivity index (χ1v) is 10.3. The molecule has 33 heavy (non-hydrogen) atoms. The second-order valence-electron chi connectivity index (χ2n) is 6.76. The molecule has 0 aliphatic rings. The molecule has 0 radical (unpaired) electrons. The number of amides is 1. The van der Waals surface area contributed by atoms with Gasteiger partial charge in [-0.1, -0.05) is 29.8 Å². The summed E-state index contributed by atoms with van der Waals surface area (Å²) < 4.78 is 38.3. The average Bonchev–Trinajstić information content (AvgIpc) is 2.79. The number of hydrogen-bond donors (Lipinski definition) is 1. The number of ether oxygens (including phenoxy) is 2. The molecule has 0 atom stereocenters. The lowest BCUT2D eigenvalue weighted by atomic mass is 10.0. The Kier molecular flexibility index (Phi) is 8.01. The maximum Gasteiger partial charge on any atom is 0.262 e. The summed E-state index contributed by atoms with van der Waals surface area (Å²) in [6.07, 6.45) is 1.48. The van der Waals surface area contributed by atoms with Gasteiger partial charge in [0, 0.05) is 11.3 Å². The van der Waals surface area contributed by atoms with Crippen LogP contribution < -0.4 is 14.8 Å². The topological polar surface area (TPSA) is 71.3 Å². The number of rotatable bonds is 8. The molecule has 0 heterocycles. The lowest BCUT2D eigenvalue weighted by molar-refractivity contribution is -0.118. The minimum Gasteiger partial charge on any atom is -0.490 e. The Balaban J connectivity index is 1.82. The smallest absolute Gasteiger partial charge is 0.262 e. The van der Waals surface area contributed by atoms with Gasteiger partial charge in [0.05, 0.1) is 23.3 Å². The second-order valence-corrected chi connectivity index (χ2v) is 7.16. The van der Waals surface area contributed by atoms with Gasteiger partial charge in [0.15, 0.2) is 18.1 Å². The van der Waals surface area contributed by atoms with Gasteiger partial charge in [-0.05, 0) is 61.0 Å². The monoisotopic (exact) mass is 468 g/mol. The molecule has 0 bridgehead atoms. The first-order valence-electron chi connectivity index (χ1n) is 9.92. The van der Waals surface area contributed by atoms with E-state index in [1.807, 2.05) is 6.07 Å². The van der Waals surface area contributed by atoms with Crippen LogP contribution in [0.15, 0.2) is 60.7 Å². The van der Waals surface area contributed by atoms with E-state index in [9.17, 15) is 18.8 Å². The van der Waals surface area contributed by atoms with Gasteiger partial charge in [0.1, 0.15) is 11.6 Å². The summed E-state index contributed by atoms with van der Waals surface area (Å²) in [6.45, 7) is 1.69. The minimum atomic E-state index is -0.520. The van der Waals surface area contributed by atoms with E-state index in [0.717, 1.165) is 0 Å². The van der Waals surface area contributed by atoms with Crippen LogP contribution in [0.5, 0.6) is 11.5 Å². The van der Waals surface area contributed by atoms with Crippen molar-refractivity contribution < 1.29 is 23.0 Å². The molecule has 0 saturated heterocycles. The van der Waals surface area contributed by atoms with Crippen LogP contribution in [0.1, 0.15) is 18.1 Å². The lowest BCUT2D eigenvalue weighted by Crippen LogP contribution is -2.20. The highest BCUT2D eigenvalue weighted by atomic mass is 35.5.